The van der Waals surface area contributed by atoms with Crippen LogP contribution in [0.15, 0.2) is 34.9 Å². The molecule has 1 nitrogen and oxygen atoms in total. The van der Waals surface area contributed by atoms with Crippen LogP contribution in [0.3, 0.4) is 0 Å². The van der Waals surface area contributed by atoms with Gasteiger partial charge in [0.2, 0.25) is 0 Å². The number of allylic oxidation sites excluding steroid dienone is 6. The lowest BCUT2D eigenvalue weighted by Gasteiger charge is -2.53. The summed E-state index contributed by atoms with van der Waals surface area (Å²) in [6, 6.07) is 0. The van der Waals surface area contributed by atoms with Crippen molar-refractivity contribution < 1.29 is 5.11 Å². The Balaban J connectivity index is 1.58. The summed E-state index contributed by atoms with van der Waals surface area (Å²) in [7, 11) is 0. The predicted molar refractivity (Wildman–Crippen MR) is 124 cm³/mol. The van der Waals surface area contributed by atoms with Crippen LogP contribution in [-0.4, -0.2) is 11.2 Å². The summed E-state index contributed by atoms with van der Waals surface area (Å²) in [4.78, 5) is 0. The van der Waals surface area contributed by atoms with Crippen LogP contribution in [0, 0.1) is 40.4 Å². The van der Waals surface area contributed by atoms with Gasteiger partial charge in [0.15, 0.2) is 0 Å². The standard InChI is InChI=1S/C28H44O/c1-18(2)19(3)7-8-20(4)24-11-12-25-23-10-9-21-17-22(29)13-15-27(21,5)26(23)14-16-28(24,25)6/h7-8,12,18-22,24,29H,9-11,13-17H2,1-6H3/t19-,20+,21?,22?,24+,27-,28+/m0/s1. The zero-order valence-corrected chi connectivity index (χ0v) is 19.8. The van der Waals surface area contributed by atoms with Crippen LogP contribution in [0.2, 0.25) is 0 Å². The van der Waals surface area contributed by atoms with E-state index in [9.17, 15) is 5.11 Å². The van der Waals surface area contributed by atoms with Gasteiger partial charge < -0.3 is 5.11 Å². The normalized spacial score (nSPS) is 41.8. The Morgan fingerprint density at radius 3 is 2.48 bits per heavy atom. The first-order valence-corrected chi connectivity index (χ1v) is 12.5. The molecule has 2 unspecified atom stereocenters. The van der Waals surface area contributed by atoms with Gasteiger partial charge in [0, 0.05) is 0 Å². The van der Waals surface area contributed by atoms with Gasteiger partial charge in [0.1, 0.15) is 0 Å². The molecule has 162 valence electrons. The van der Waals surface area contributed by atoms with Gasteiger partial charge >= 0.3 is 0 Å². The van der Waals surface area contributed by atoms with E-state index in [-0.39, 0.29) is 6.10 Å². The number of hydrogen-bond acceptors (Lipinski definition) is 1. The molecule has 1 saturated carbocycles. The van der Waals surface area contributed by atoms with Crippen molar-refractivity contribution in [2.75, 3.05) is 0 Å². The van der Waals surface area contributed by atoms with Gasteiger partial charge in [-0.2, -0.15) is 0 Å². The van der Waals surface area contributed by atoms with Crippen molar-refractivity contribution in [3.63, 3.8) is 0 Å². The number of aliphatic hydroxyl groups excluding tert-OH is 1. The molecular weight excluding hydrogens is 352 g/mol. The van der Waals surface area contributed by atoms with Gasteiger partial charge in [-0.3, -0.25) is 0 Å². The minimum absolute atomic E-state index is 0.0555. The van der Waals surface area contributed by atoms with E-state index in [1.807, 2.05) is 0 Å². The summed E-state index contributed by atoms with van der Waals surface area (Å²) in [5, 5.41) is 10.2. The summed E-state index contributed by atoms with van der Waals surface area (Å²) >= 11 is 0. The lowest BCUT2D eigenvalue weighted by molar-refractivity contribution is 0.0229. The highest BCUT2D eigenvalue weighted by molar-refractivity contribution is 5.49. The van der Waals surface area contributed by atoms with E-state index in [0.717, 1.165) is 24.7 Å². The summed E-state index contributed by atoms with van der Waals surface area (Å²) in [6.45, 7) is 14.6. The fourth-order valence-electron chi connectivity index (χ4n) is 7.37. The molecule has 29 heavy (non-hydrogen) atoms. The molecule has 0 aromatic heterocycles. The van der Waals surface area contributed by atoms with Crippen molar-refractivity contribution in [2.45, 2.75) is 99.0 Å². The summed E-state index contributed by atoms with van der Waals surface area (Å²) in [5.41, 5.74) is 5.99. The molecular formula is C28H44O. The zero-order chi connectivity index (χ0) is 21.0. The Bertz CT molecular complexity index is 725. The Kier molecular flexibility index (Phi) is 5.69. The van der Waals surface area contributed by atoms with Gasteiger partial charge in [-0.05, 0) is 103 Å². The second-order valence-electron chi connectivity index (χ2n) is 11.8. The van der Waals surface area contributed by atoms with E-state index < -0.39 is 0 Å². The Labute approximate surface area is 179 Å². The maximum Gasteiger partial charge on any atom is 0.0543 e. The topological polar surface area (TPSA) is 20.2 Å². The van der Waals surface area contributed by atoms with Gasteiger partial charge in [-0.1, -0.05) is 65.3 Å². The number of fused-ring (bicyclic) bond motifs is 4. The molecule has 0 bridgehead atoms. The van der Waals surface area contributed by atoms with Crippen LogP contribution in [0.4, 0.5) is 0 Å². The van der Waals surface area contributed by atoms with E-state index in [1.165, 1.54) is 38.5 Å². The summed E-state index contributed by atoms with van der Waals surface area (Å²) in [6.07, 6.45) is 17.2. The SMILES string of the molecule is CC(C)[C@@H](C)C=C[C@@H](C)[C@H]1CC=C2C3=C(CC[C@@]21C)[C@@]1(C)CCC(O)CC1CC3. The highest BCUT2D eigenvalue weighted by atomic mass is 16.3. The van der Waals surface area contributed by atoms with Crippen LogP contribution in [0.25, 0.3) is 0 Å². The molecule has 4 aliphatic carbocycles. The number of hydrogen-bond donors (Lipinski definition) is 1. The molecule has 0 aromatic carbocycles. The van der Waals surface area contributed by atoms with E-state index in [1.54, 1.807) is 16.7 Å². The monoisotopic (exact) mass is 396 g/mol. The molecule has 0 amide bonds. The minimum Gasteiger partial charge on any atom is -0.393 e. The van der Waals surface area contributed by atoms with E-state index in [4.69, 9.17) is 0 Å². The predicted octanol–water partition coefficient (Wildman–Crippen LogP) is 7.47. The average molecular weight is 397 g/mol. The Morgan fingerprint density at radius 2 is 1.76 bits per heavy atom. The summed E-state index contributed by atoms with van der Waals surface area (Å²) in [5.74, 6) is 3.48. The van der Waals surface area contributed by atoms with E-state index in [2.05, 4.69) is 59.8 Å². The summed E-state index contributed by atoms with van der Waals surface area (Å²) < 4.78 is 0. The lowest BCUT2D eigenvalue weighted by atomic mass is 9.51. The van der Waals surface area contributed by atoms with Crippen LogP contribution in [-0.2, 0) is 0 Å². The molecule has 0 saturated heterocycles. The van der Waals surface area contributed by atoms with Gasteiger partial charge in [-0.15, -0.1) is 0 Å². The molecule has 1 heteroatoms. The van der Waals surface area contributed by atoms with Gasteiger partial charge in [0.25, 0.3) is 0 Å². The molecule has 0 radical (unpaired) electrons. The van der Waals surface area contributed by atoms with E-state index >= 15 is 0 Å². The van der Waals surface area contributed by atoms with Crippen molar-refractivity contribution in [1.82, 2.24) is 0 Å². The first-order chi connectivity index (χ1) is 13.7. The third kappa shape index (κ3) is 3.50. The average Bonchev–Trinajstić information content (AvgIpc) is 3.03. The fourth-order valence-corrected chi connectivity index (χ4v) is 7.37. The second kappa shape index (κ2) is 7.70. The van der Waals surface area contributed by atoms with Gasteiger partial charge in [-0.25, -0.2) is 0 Å². The first-order valence-electron chi connectivity index (χ1n) is 12.5. The molecule has 0 heterocycles. The third-order valence-electron chi connectivity index (χ3n) is 9.88. The molecule has 0 aliphatic heterocycles. The Morgan fingerprint density at radius 1 is 1.00 bits per heavy atom. The van der Waals surface area contributed by atoms with Crippen molar-refractivity contribution in [3.8, 4) is 0 Å². The van der Waals surface area contributed by atoms with Crippen LogP contribution < -0.4 is 0 Å². The van der Waals surface area contributed by atoms with Crippen molar-refractivity contribution in [2.24, 2.45) is 40.4 Å². The maximum absolute atomic E-state index is 10.2. The highest BCUT2D eigenvalue weighted by Crippen LogP contribution is 2.64. The number of aliphatic hydroxyl groups is 1. The highest BCUT2D eigenvalue weighted by Gasteiger charge is 2.52. The van der Waals surface area contributed by atoms with Crippen LogP contribution in [0.5, 0.6) is 0 Å². The third-order valence-corrected chi connectivity index (χ3v) is 9.88. The molecule has 0 aromatic rings. The zero-order valence-electron chi connectivity index (χ0n) is 19.8. The Hall–Kier alpha value is -0.820. The largest absolute Gasteiger partial charge is 0.393 e. The van der Waals surface area contributed by atoms with Crippen molar-refractivity contribution in [3.05, 3.63) is 34.9 Å². The van der Waals surface area contributed by atoms with Crippen LogP contribution in [0.1, 0.15) is 92.9 Å². The molecule has 1 fully saturated rings. The minimum atomic E-state index is -0.0555. The second-order valence-corrected chi connectivity index (χ2v) is 11.8. The fraction of sp³-hybridized carbons (Fsp3) is 0.786. The molecule has 7 atom stereocenters. The van der Waals surface area contributed by atoms with E-state index in [0.29, 0.717) is 28.6 Å². The van der Waals surface area contributed by atoms with Gasteiger partial charge in [0.05, 0.1) is 6.10 Å². The maximum atomic E-state index is 10.2. The molecule has 1 N–H and O–H groups in total. The molecule has 4 rings (SSSR count). The van der Waals surface area contributed by atoms with Crippen molar-refractivity contribution >= 4 is 0 Å². The smallest absolute Gasteiger partial charge is 0.0543 e. The number of rotatable bonds is 4. The molecule has 4 aliphatic rings. The lowest BCUT2D eigenvalue weighted by Crippen LogP contribution is -2.44. The molecule has 0 spiro atoms. The first kappa shape index (κ1) is 21.4. The van der Waals surface area contributed by atoms with Crippen molar-refractivity contribution in [1.29, 1.82) is 0 Å². The quantitative estimate of drug-likeness (QED) is 0.488. The van der Waals surface area contributed by atoms with Crippen LogP contribution >= 0.6 is 0 Å².